The molecule has 2 aliphatic heterocycles. The van der Waals surface area contributed by atoms with E-state index in [-0.39, 0.29) is 24.0 Å². The molecule has 0 aliphatic carbocycles. The third-order valence-electron chi connectivity index (χ3n) is 5.34. The van der Waals surface area contributed by atoms with Gasteiger partial charge < -0.3 is 14.9 Å². The van der Waals surface area contributed by atoms with Gasteiger partial charge in [-0.15, -0.1) is 0 Å². The molecule has 2 saturated heterocycles. The Balaban J connectivity index is 1.82. The van der Waals surface area contributed by atoms with Crippen molar-refractivity contribution in [3.05, 3.63) is 35.4 Å². The number of piperidine rings is 1. The second kappa shape index (κ2) is 6.12. The zero-order valence-corrected chi connectivity index (χ0v) is 13.5. The number of aliphatic hydroxyl groups is 1. The first-order valence-electron chi connectivity index (χ1n) is 7.97. The molecule has 2 heterocycles. The highest BCUT2D eigenvalue weighted by Crippen LogP contribution is 2.43. The molecule has 0 aromatic heterocycles. The van der Waals surface area contributed by atoms with E-state index in [4.69, 9.17) is 0 Å². The lowest BCUT2D eigenvalue weighted by Crippen LogP contribution is -2.50. The topological polar surface area (TPSA) is 60.9 Å². The average Bonchev–Trinajstić information content (AvgIpc) is 2.93. The van der Waals surface area contributed by atoms with Gasteiger partial charge in [0.15, 0.2) is 0 Å². The summed E-state index contributed by atoms with van der Waals surface area (Å²) in [6.45, 7) is 3.09. The fourth-order valence-corrected chi connectivity index (χ4v) is 3.82. The van der Waals surface area contributed by atoms with Gasteiger partial charge in [0.2, 0.25) is 5.91 Å². The van der Waals surface area contributed by atoms with E-state index in [9.17, 15) is 23.5 Å². The van der Waals surface area contributed by atoms with E-state index >= 15 is 0 Å². The lowest BCUT2D eigenvalue weighted by atomic mass is 9.73. The maximum absolute atomic E-state index is 13.9. The Morgan fingerprint density at radius 2 is 2.00 bits per heavy atom. The van der Waals surface area contributed by atoms with Crippen molar-refractivity contribution < 1.29 is 23.5 Å². The molecule has 0 bridgehead atoms. The van der Waals surface area contributed by atoms with Gasteiger partial charge in [0.1, 0.15) is 11.6 Å². The largest absolute Gasteiger partial charge is 0.396 e. The quantitative estimate of drug-likeness (QED) is 0.883. The summed E-state index contributed by atoms with van der Waals surface area (Å²) in [6, 6.07) is 2.89. The van der Waals surface area contributed by atoms with Crippen LogP contribution in [0.2, 0.25) is 0 Å². The molecule has 1 aromatic carbocycles. The fourth-order valence-electron chi connectivity index (χ4n) is 3.82. The van der Waals surface area contributed by atoms with Gasteiger partial charge >= 0.3 is 0 Å². The number of nitrogens with zero attached hydrogens (tertiary/aromatic N) is 2. The molecular weight excluding hydrogens is 318 g/mol. The summed E-state index contributed by atoms with van der Waals surface area (Å²) in [5.74, 6) is -2.21. The van der Waals surface area contributed by atoms with Gasteiger partial charge in [0, 0.05) is 50.5 Å². The predicted octanol–water partition coefficient (Wildman–Crippen LogP) is 1.27. The summed E-state index contributed by atoms with van der Waals surface area (Å²) in [7, 11) is 0. The lowest BCUT2D eigenvalue weighted by molar-refractivity contribution is -0.133. The standard InChI is InChI=1S/C17H20F2N2O3/c1-11(23)20-5-4-17(10-22)9-21(8-12(17)7-20)16(24)14-3-2-13(18)6-15(14)19/h2-3,6,12,22H,4-5,7-10H2,1H3/t12-,17+/m1/s1. The molecule has 2 atom stereocenters. The van der Waals surface area contributed by atoms with Crippen LogP contribution in [-0.2, 0) is 4.79 Å². The first-order chi connectivity index (χ1) is 11.4. The van der Waals surface area contributed by atoms with E-state index < -0.39 is 23.0 Å². The third kappa shape index (κ3) is 2.77. The Morgan fingerprint density at radius 1 is 1.29 bits per heavy atom. The van der Waals surface area contributed by atoms with Crippen LogP contribution in [0.4, 0.5) is 8.78 Å². The molecule has 0 radical (unpaired) electrons. The van der Waals surface area contributed by atoms with Crippen LogP contribution in [0, 0.1) is 23.0 Å². The van der Waals surface area contributed by atoms with Crippen LogP contribution in [0.5, 0.6) is 0 Å². The minimum Gasteiger partial charge on any atom is -0.396 e. The van der Waals surface area contributed by atoms with Crippen molar-refractivity contribution in [1.82, 2.24) is 9.80 Å². The Kier molecular flexibility index (Phi) is 4.29. The van der Waals surface area contributed by atoms with Gasteiger partial charge in [-0.25, -0.2) is 8.78 Å². The Morgan fingerprint density at radius 3 is 2.62 bits per heavy atom. The van der Waals surface area contributed by atoms with Crippen LogP contribution >= 0.6 is 0 Å². The SMILES string of the molecule is CC(=O)N1CC[C@@]2(CO)CN(C(=O)c3ccc(F)cc3F)C[C@H]2C1. The maximum atomic E-state index is 13.9. The number of carbonyl (C=O) groups excluding carboxylic acids is 2. The Bertz CT molecular complexity index is 682. The van der Waals surface area contributed by atoms with E-state index in [1.54, 1.807) is 4.90 Å². The van der Waals surface area contributed by atoms with Crippen LogP contribution in [0.3, 0.4) is 0 Å². The Hall–Kier alpha value is -2.02. The van der Waals surface area contributed by atoms with E-state index in [1.807, 2.05) is 0 Å². The van der Waals surface area contributed by atoms with Gasteiger partial charge in [-0.05, 0) is 18.6 Å². The van der Waals surface area contributed by atoms with Crippen molar-refractivity contribution in [3.63, 3.8) is 0 Å². The molecule has 130 valence electrons. The molecule has 5 nitrogen and oxygen atoms in total. The number of likely N-dealkylation sites (tertiary alicyclic amines) is 2. The fraction of sp³-hybridized carbons (Fsp3) is 0.529. The number of benzene rings is 1. The van der Waals surface area contributed by atoms with E-state index in [0.717, 1.165) is 12.1 Å². The highest BCUT2D eigenvalue weighted by molar-refractivity contribution is 5.94. The van der Waals surface area contributed by atoms with Gasteiger partial charge in [-0.3, -0.25) is 9.59 Å². The molecule has 2 fully saturated rings. The van der Waals surface area contributed by atoms with Crippen LogP contribution in [0.25, 0.3) is 0 Å². The second-order valence-electron chi connectivity index (χ2n) is 6.74. The van der Waals surface area contributed by atoms with Crippen molar-refractivity contribution >= 4 is 11.8 Å². The van der Waals surface area contributed by atoms with E-state index in [1.165, 1.54) is 11.8 Å². The zero-order chi connectivity index (χ0) is 17.5. The van der Waals surface area contributed by atoms with E-state index in [0.29, 0.717) is 38.7 Å². The molecule has 7 heteroatoms. The molecule has 2 aliphatic rings. The maximum Gasteiger partial charge on any atom is 0.256 e. The second-order valence-corrected chi connectivity index (χ2v) is 6.74. The van der Waals surface area contributed by atoms with Gasteiger partial charge in [0.05, 0.1) is 12.2 Å². The molecule has 1 N–H and O–H groups in total. The predicted molar refractivity (Wildman–Crippen MR) is 82.1 cm³/mol. The molecule has 0 unspecified atom stereocenters. The van der Waals surface area contributed by atoms with Crippen LogP contribution in [0.1, 0.15) is 23.7 Å². The number of fused-ring (bicyclic) bond motifs is 1. The number of amides is 2. The number of hydrogen-bond acceptors (Lipinski definition) is 3. The van der Waals surface area contributed by atoms with E-state index in [2.05, 4.69) is 0 Å². The van der Waals surface area contributed by atoms with Crippen molar-refractivity contribution in [3.8, 4) is 0 Å². The minimum absolute atomic E-state index is 0.0316. The third-order valence-corrected chi connectivity index (χ3v) is 5.34. The number of halogens is 2. The van der Waals surface area contributed by atoms with Gasteiger partial charge in [-0.2, -0.15) is 0 Å². The molecule has 3 rings (SSSR count). The monoisotopic (exact) mass is 338 g/mol. The molecular formula is C17H20F2N2O3. The summed E-state index contributed by atoms with van der Waals surface area (Å²) in [5, 5.41) is 9.87. The number of carbonyl (C=O) groups is 2. The summed E-state index contributed by atoms with van der Waals surface area (Å²) in [4.78, 5) is 27.4. The summed E-state index contributed by atoms with van der Waals surface area (Å²) in [5.41, 5.74) is -0.635. The number of rotatable bonds is 2. The van der Waals surface area contributed by atoms with Crippen LogP contribution in [0.15, 0.2) is 18.2 Å². The van der Waals surface area contributed by atoms with Gasteiger partial charge in [0.25, 0.3) is 5.91 Å². The van der Waals surface area contributed by atoms with Crippen LogP contribution < -0.4 is 0 Å². The van der Waals surface area contributed by atoms with Crippen molar-refractivity contribution in [2.24, 2.45) is 11.3 Å². The molecule has 0 saturated carbocycles. The minimum atomic E-state index is -0.890. The Labute approximate surface area is 138 Å². The number of aliphatic hydroxyl groups excluding tert-OH is 1. The van der Waals surface area contributed by atoms with Crippen LogP contribution in [-0.4, -0.2) is 59.5 Å². The summed E-state index contributed by atoms with van der Waals surface area (Å²) >= 11 is 0. The highest BCUT2D eigenvalue weighted by Gasteiger charge is 2.50. The van der Waals surface area contributed by atoms with Gasteiger partial charge in [-0.1, -0.05) is 0 Å². The molecule has 24 heavy (non-hydrogen) atoms. The zero-order valence-electron chi connectivity index (χ0n) is 13.5. The highest BCUT2D eigenvalue weighted by atomic mass is 19.1. The first kappa shape index (κ1) is 16.8. The summed E-state index contributed by atoms with van der Waals surface area (Å²) < 4.78 is 26.9. The lowest BCUT2D eigenvalue weighted by Gasteiger charge is -2.41. The molecule has 1 aromatic rings. The first-order valence-corrected chi connectivity index (χ1v) is 7.97. The number of hydrogen-bond donors (Lipinski definition) is 1. The van der Waals surface area contributed by atoms with Crippen molar-refractivity contribution in [2.75, 3.05) is 32.8 Å². The molecule has 0 spiro atoms. The van der Waals surface area contributed by atoms with Crippen molar-refractivity contribution in [1.29, 1.82) is 0 Å². The normalized spacial score (nSPS) is 26.4. The summed E-state index contributed by atoms with van der Waals surface area (Å²) in [6.07, 6.45) is 0.601. The smallest absolute Gasteiger partial charge is 0.256 e. The average molecular weight is 338 g/mol. The molecule has 2 amide bonds. The van der Waals surface area contributed by atoms with Crippen molar-refractivity contribution in [2.45, 2.75) is 13.3 Å².